The molecule has 72 valence electrons. The van der Waals surface area contributed by atoms with E-state index in [-0.39, 0.29) is 0 Å². The Hall–Kier alpha value is -1.55. The Morgan fingerprint density at radius 3 is 2.93 bits per heavy atom. The summed E-state index contributed by atoms with van der Waals surface area (Å²) in [5.74, 6) is 0.709. The monoisotopic (exact) mass is 206 g/mol. The number of hydrogen-bond donors (Lipinski definition) is 1. The minimum absolute atomic E-state index is 0.470. The van der Waals surface area contributed by atoms with Gasteiger partial charge in [-0.05, 0) is 12.1 Å². The fourth-order valence-electron chi connectivity index (χ4n) is 1.07. The Morgan fingerprint density at radius 2 is 2.21 bits per heavy atom. The SMILES string of the molecule is Nc1ccccc1OCc1cscn1. The molecule has 4 heteroatoms. The molecule has 0 aliphatic heterocycles. The van der Waals surface area contributed by atoms with E-state index in [4.69, 9.17) is 10.5 Å². The number of para-hydroxylation sites is 2. The Bertz CT molecular complexity index is 400. The minimum atomic E-state index is 0.470. The lowest BCUT2D eigenvalue weighted by molar-refractivity contribution is 0.304. The van der Waals surface area contributed by atoms with E-state index >= 15 is 0 Å². The molecular weight excluding hydrogens is 196 g/mol. The van der Waals surface area contributed by atoms with Crippen LogP contribution in [0.3, 0.4) is 0 Å². The summed E-state index contributed by atoms with van der Waals surface area (Å²) < 4.78 is 5.50. The van der Waals surface area contributed by atoms with E-state index in [2.05, 4.69) is 4.98 Å². The van der Waals surface area contributed by atoms with Crippen LogP contribution in [-0.2, 0) is 6.61 Å². The van der Waals surface area contributed by atoms with E-state index in [9.17, 15) is 0 Å². The Labute approximate surface area is 86.2 Å². The van der Waals surface area contributed by atoms with Crippen LogP contribution in [0.5, 0.6) is 5.75 Å². The van der Waals surface area contributed by atoms with Gasteiger partial charge >= 0.3 is 0 Å². The number of nitrogens with zero attached hydrogens (tertiary/aromatic N) is 1. The van der Waals surface area contributed by atoms with Crippen molar-refractivity contribution in [1.82, 2.24) is 4.98 Å². The number of nitrogen functional groups attached to an aromatic ring is 1. The van der Waals surface area contributed by atoms with Gasteiger partial charge in [0.25, 0.3) is 0 Å². The average Bonchev–Trinajstić information content (AvgIpc) is 2.69. The van der Waals surface area contributed by atoms with Gasteiger partial charge in [0, 0.05) is 5.38 Å². The van der Waals surface area contributed by atoms with Crippen LogP contribution in [0, 0.1) is 0 Å². The number of ether oxygens (including phenoxy) is 1. The van der Waals surface area contributed by atoms with Gasteiger partial charge in [-0.3, -0.25) is 0 Å². The molecule has 2 aromatic rings. The summed E-state index contributed by atoms with van der Waals surface area (Å²) in [5.41, 5.74) is 9.09. The van der Waals surface area contributed by atoms with E-state index in [1.165, 1.54) is 0 Å². The van der Waals surface area contributed by atoms with Gasteiger partial charge in [0.1, 0.15) is 12.4 Å². The summed E-state index contributed by atoms with van der Waals surface area (Å²) in [6.45, 7) is 0.470. The van der Waals surface area contributed by atoms with Crippen LogP contribution in [0.1, 0.15) is 5.69 Å². The highest BCUT2D eigenvalue weighted by Crippen LogP contribution is 2.20. The molecule has 0 unspecified atom stereocenters. The molecule has 0 aliphatic carbocycles. The number of benzene rings is 1. The third kappa shape index (κ3) is 2.03. The molecule has 1 heterocycles. The van der Waals surface area contributed by atoms with Crippen molar-refractivity contribution < 1.29 is 4.74 Å². The maximum atomic E-state index is 5.72. The van der Waals surface area contributed by atoms with Crippen molar-refractivity contribution in [3.63, 3.8) is 0 Å². The van der Waals surface area contributed by atoms with Gasteiger partial charge in [-0.1, -0.05) is 12.1 Å². The third-order valence-corrected chi connectivity index (χ3v) is 2.41. The number of rotatable bonds is 3. The van der Waals surface area contributed by atoms with Gasteiger partial charge in [-0.2, -0.15) is 0 Å². The molecule has 0 radical (unpaired) electrons. The molecule has 0 saturated carbocycles. The first-order valence-electron chi connectivity index (χ1n) is 4.20. The van der Waals surface area contributed by atoms with Gasteiger partial charge < -0.3 is 10.5 Å². The molecule has 1 aromatic carbocycles. The summed E-state index contributed by atoms with van der Waals surface area (Å²) in [6.07, 6.45) is 0. The first-order chi connectivity index (χ1) is 6.86. The normalized spacial score (nSPS) is 10.0. The van der Waals surface area contributed by atoms with E-state index in [1.54, 1.807) is 16.8 Å². The highest BCUT2D eigenvalue weighted by molar-refractivity contribution is 7.07. The van der Waals surface area contributed by atoms with Crippen molar-refractivity contribution in [2.24, 2.45) is 0 Å². The smallest absolute Gasteiger partial charge is 0.142 e. The predicted octanol–water partition coefficient (Wildman–Crippen LogP) is 2.30. The molecule has 0 saturated heterocycles. The molecule has 0 atom stereocenters. The number of hydrogen-bond acceptors (Lipinski definition) is 4. The van der Waals surface area contributed by atoms with E-state index in [1.807, 2.05) is 29.6 Å². The molecule has 3 nitrogen and oxygen atoms in total. The van der Waals surface area contributed by atoms with E-state index in [0.717, 1.165) is 5.69 Å². The molecule has 0 amide bonds. The van der Waals surface area contributed by atoms with Crippen LogP contribution >= 0.6 is 11.3 Å². The highest BCUT2D eigenvalue weighted by atomic mass is 32.1. The van der Waals surface area contributed by atoms with Crippen molar-refractivity contribution in [3.8, 4) is 5.75 Å². The quantitative estimate of drug-likeness (QED) is 0.784. The van der Waals surface area contributed by atoms with E-state index in [0.29, 0.717) is 18.0 Å². The van der Waals surface area contributed by atoms with Crippen LogP contribution in [0.25, 0.3) is 0 Å². The third-order valence-electron chi connectivity index (χ3n) is 1.78. The topological polar surface area (TPSA) is 48.1 Å². The lowest BCUT2D eigenvalue weighted by atomic mass is 10.3. The fraction of sp³-hybridized carbons (Fsp3) is 0.100. The second-order valence-corrected chi connectivity index (χ2v) is 3.52. The second kappa shape index (κ2) is 4.11. The summed E-state index contributed by atoms with van der Waals surface area (Å²) in [6, 6.07) is 7.44. The van der Waals surface area contributed by atoms with Crippen molar-refractivity contribution in [2.45, 2.75) is 6.61 Å². The van der Waals surface area contributed by atoms with Crippen LogP contribution in [0.2, 0.25) is 0 Å². The molecule has 0 fully saturated rings. The first kappa shape index (κ1) is 9.02. The molecule has 0 bridgehead atoms. The molecule has 1 aromatic heterocycles. The Morgan fingerprint density at radius 1 is 1.36 bits per heavy atom. The van der Waals surface area contributed by atoms with Gasteiger partial charge in [0.15, 0.2) is 0 Å². The van der Waals surface area contributed by atoms with Gasteiger partial charge in [-0.15, -0.1) is 11.3 Å². The predicted molar refractivity (Wildman–Crippen MR) is 57.3 cm³/mol. The minimum Gasteiger partial charge on any atom is -0.485 e. The highest BCUT2D eigenvalue weighted by Gasteiger charge is 1.99. The number of thiazole rings is 1. The maximum Gasteiger partial charge on any atom is 0.142 e. The molecule has 0 aliphatic rings. The Balaban J connectivity index is 2.02. The molecule has 2 rings (SSSR count). The summed E-state index contributed by atoms with van der Waals surface area (Å²) in [5, 5.41) is 1.96. The number of aromatic nitrogens is 1. The van der Waals surface area contributed by atoms with Crippen molar-refractivity contribution in [3.05, 3.63) is 40.8 Å². The zero-order chi connectivity index (χ0) is 9.80. The van der Waals surface area contributed by atoms with Crippen molar-refractivity contribution in [2.75, 3.05) is 5.73 Å². The summed E-state index contributed by atoms with van der Waals surface area (Å²) in [4.78, 5) is 4.11. The molecular formula is C10H10N2OS. The fourth-order valence-corrected chi connectivity index (χ4v) is 1.62. The molecule has 14 heavy (non-hydrogen) atoms. The first-order valence-corrected chi connectivity index (χ1v) is 5.15. The zero-order valence-electron chi connectivity index (χ0n) is 7.51. The van der Waals surface area contributed by atoms with Crippen molar-refractivity contribution in [1.29, 1.82) is 0 Å². The summed E-state index contributed by atoms with van der Waals surface area (Å²) in [7, 11) is 0. The number of anilines is 1. The largest absolute Gasteiger partial charge is 0.485 e. The summed E-state index contributed by atoms with van der Waals surface area (Å²) >= 11 is 1.56. The Kier molecular flexibility index (Phi) is 2.65. The van der Waals surface area contributed by atoms with Crippen LogP contribution in [0.4, 0.5) is 5.69 Å². The van der Waals surface area contributed by atoms with Crippen LogP contribution in [0.15, 0.2) is 35.2 Å². The standard InChI is InChI=1S/C10H10N2OS/c11-9-3-1-2-4-10(9)13-5-8-6-14-7-12-8/h1-4,6-7H,5,11H2. The second-order valence-electron chi connectivity index (χ2n) is 2.81. The van der Waals surface area contributed by atoms with Gasteiger partial charge in [0.2, 0.25) is 0 Å². The van der Waals surface area contributed by atoms with Crippen LogP contribution in [-0.4, -0.2) is 4.98 Å². The molecule has 0 spiro atoms. The average molecular weight is 206 g/mol. The lowest BCUT2D eigenvalue weighted by Gasteiger charge is -2.06. The maximum absolute atomic E-state index is 5.72. The lowest BCUT2D eigenvalue weighted by Crippen LogP contribution is -1.98. The number of nitrogens with two attached hydrogens (primary N) is 1. The van der Waals surface area contributed by atoms with E-state index < -0.39 is 0 Å². The van der Waals surface area contributed by atoms with Crippen molar-refractivity contribution >= 4 is 17.0 Å². The van der Waals surface area contributed by atoms with Gasteiger partial charge in [0.05, 0.1) is 16.9 Å². The van der Waals surface area contributed by atoms with Gasteiger partial charge in [-0.25, -0.2) is 4.98 Å². The van der Waals surface area contributed by atoms with Crippen LogP contribution < -0.4 is 10.5 Å². The zero-order valence-corrected chi connectivity index (χ0v) is 8.33. The molecule has 2 N–H and O–H groups in total.